The van der Waals surface area contributed by atoms with Crippen LogP contribution in [0.25, 0.3) is 0 Å². The third-order valence-electron chi connectivity index (χ3n) is 4.34. The lowest BCUT2D eigenvalue weighted by atomic mass is 9.90. The maximum atomic E-state index is 12.8. The maximum absolute atomic E-state index is 12.8. The molecule has 0 aromatic heterocycles. The monoisotopic (exact) mass is 264 g/mol. The Morgan fingerprint density at radius 1 is 1.26 bits per heavy atom. The van der Waals surface area contributed by atoms with Crippen molar-refractivity contribution >= 4 is 0 Å². The molecule has 0 saturated carbocycles. The van der Waals surface area contributed by atoms with Crippen molar-refractivity contribution < 1.29 is 4.39 Å². The maximum Gasteiger partial charge on any atom is 0.123 e. The Kier molecular flexibility index (Phi) is 4.94. The lowest BCUT2D eigenvalue weighted by molar-refractivity contribution is 0.122. The van der Waals surface area contributed by atoms with Crippen LogP contribution in [0, 0.1) is 11.7 Å². The molecule has 0 spiro atoms. The standard InChI is InChI=1S/C16H25FN2/c1-12-11-19(3)13(2)10-16(12)18-9-8-14-4-6-15(17)7-5-14/h4-7,12-13,16,18H,8-11H2,1-3H3. The number of piperidine rings is 1. The summed E-state index contributed by atoms with van der Waals surface area (Å²) < 4.78 is 12.8. The van der Waals surface area contributed by atoms with Crippen LogP contribution in [-0.2, 0) is 6.42 Å². The molecule has 3 unspecified atom stereocenters. The average Bonchev–Trinajstić information content (AvgIpc) is 2.38. The highest BCUT2D eigenvalue weighted by atomic mass is 19.1. The van der Waals surface area contributed by atoms with E-state index in [1.807, 2.05) is 12.1 Å². The van der Waals surface area contributed by atoms with E-state index in [9.17, 15) is 4.39 Å². The van der Waals surface area contributed by atoms with E-state index < -0.39 is 0 Å². The molecule has 1 heterocycles. The lowest BCUT2D eigenvalue weighted by Gasteiger charge is -2.40. The highest BCUT2D eigenvalue weighted by Crippen LogP contribution is 2.20. The summed E-state index contributed by atoms with van der Waals surface area (Å²) in [6, 6.07) is 8.08. The van der Waals surface area contributed by atoms with E-state index >= 15 is 0 Å². The minimum Gasteiger partial charge on any atom is -0.313 e. The lowest BCUT2D eigenvalue weighted by Crippen LogP contribution is -2.51. The van der Waals surface area contributed by atoms with Gasteiger partial charge in [-0.25, -0.2) is 4.39 Å². The fourth-order valence-electron chi connectivity index (χ4n) is 2.88. The molecule has 106 valence electrons. The first-order valence-corrected chi connectivity index (χ1v) is 7.24. The summed E-state index contributed by atoms with van der Waals surface area (Å²) in [7, 11) is 2.20. The van der Waals surface area contributed by atoms with Crippen LogP contribution in [-0.4, -0.2) is 37.1 Å². The largest absolute Gasteiger partial charge is 0.313 e. The predicted molar refractivity (Wildman–Crippen MR) is 77.8 cm³/mol. The van der Waals surface area contributed by atoms with Gasteiger partial charge in [-0.2, -0.15) is 0 Å². The molecule has 0 amide bonds. The molecule has 3 heteroatoms. The van der Waals surface area contributed by atoms with Crippen LogP contribution >= 0.6 is 0 Å². The van der Waals surface area contributed by atoms with Gasteiger partial charge in [0.05, 0.1) is 0 Å². The van der Waals surface area contributed by atoms with Gasteiger partial charge in [-0.3, -0.25) is 0 Å². The van der Waals surface area contributed by atoms with E-state index in [0.717, 1.165) is 19.5 Å². The molecule has 0 aliphatic carbocycles. The first-order chi connectivity index (χ1) is 9.06. The molecule has 1 aromatic carbocycles. The molecule has 2 nitrogen and oxygen atoms in total. The van der Waals surface area contributed by atoms with Crippen LogP contribution < -0.4 is 5.32 Å². The van der Waals surface area contributed by atoms with Gasteiger partial charge in [-0.15, -0.1) is 0 Å². The van der Waals surface area contributed by atoms with Gasteiger partial charge in [0, 0.05) is 18.6 Å². The van der Waals surface area contributed by atoms with E-state index in [1.165, 1.54) is 24.1 Å². The van der Waals surface area contributed by atoms with Gasteiger partial charge in [0.1, 0.15) is 5.82 Å². The number of halogens is 1. The van der Waals surface area contributed by atoms with E-state index in [4.69, 9.17) is 0 Å². The zero-order valence-electron chi connectivity index (χ0n) is 12.2. The van der Waals surface area contributed by atoms with Crippen molar-refractivity contribution in [2.24, 2.45) is 5.92 Å². The number of hydrogen-bond acceptors (Lipinski definition) is 2. The molecule has 19 heavy (non-hydrogen) atoms. The molecule has 1 aromatic rings. The first-order valence-electron chi connectivity index (χ1n) is 7.24. The third kappa shape index (κ3) is 4.02. The molecular formula is C16H25FN2. The summed E-state index contributed by atoms with van der Waals surface area (Å²) in [4.78, 5) is 2.43. The second kappa shape index (κ2) is 6.49. The third-order valence-corrected chi connectivity index (χ3v) is 4.34. The summed E-state index contributed by atoms with van der Waals surface area (Å²) in [6.45, 7) is 6.74. The van der Waals surface area contributed by atoms with Gasteiger partial charge in [-0.05, 0) is 57.0 Å². The molecule has 1 fully saturated rings. The van der Waals surface area contributed by atoms with Gasteiger partial charge < -0.3 is 10.2 Å². The normalized spacial score (nSPS) is 28.5. The first kappa shape index (κ1) is 14.5. The SMILES string of the molecule is CC1CN(C)C(C)CC1NCCc1ccc(F)cc1. The van der Waals surface area contributed by atoms with Crippen molar-refractivity contribution in [1.82, 2.24) is 10.2 Å². The summed E-state index contributed by atoms with van der Waals surface area (Å²) in [5, 5.41) is 3.67. The minimum atomic E-state index is -0.158. The van der Waals surface area contributed by atoms with Gasteiger partial charge >= 0.3 is 0 Å². The van der Waals surface area contributed by atoms with Crippen LogP contribution in [0.5, 0.6) is 0 Å². The molecular weight excluding hydrogens is 239 g/mol. The highest BCUT2D eigenvalue weighted by Gasteiger charge is 2.28. The number of nitrogens with zero attached hydrogens (tertiary/aromatic N) is 1. The number of hydrogen-bond donors (Lipinski definition) is 1. The van der Waals surface area contributed by atoms with Crippen molar-refractivity contribution in [2.75, 3.05) is 20.1 Å². The fraction of sp³-hybridized carbons (Fsp3) is 0.625. The van der Waals surface area contributed by atoms with Crippen LogP contribution in [0.15, 0.2) is 24.3 Å². The molecule has 2 rings (SSSR count). The van der Waals surface area contributed by atoms with Crippen LogP contribution in [0.1, 0.15) is 25.8 Å². The number of nitrogens with one attached hydrogen (secondary N) is 1. The topological polar surface area (TPSA) is 15.3 Å². The van der Waals surface area contributed by atoms with Gasteiger partial charge in [0.2, 0.25) is 0 Å². The summed E-state index contributed by atoms with van der Waals surface area (Å²) in [5.74, 6) is 0.531. The zero-order chi connectivity index (χ0) is 13.8. The van der Waals surface area contributed by atoms with Gasteiger partial charge in [0.15, 0.2) is 0 Å². The molecule has 0 radical (unpaired) electrons. The minimum absolute atomic E-state index is 0.158. The van der Waals surface area contributed by atoms with Crippen LogP contribution in [0.2, 0.25) is 0 Å². The molecule has 1 saturated heterocycles. The van der Waals surface area contributed by atoms with Crippen molar-refractivity contribution in [2.45, 2.75) is 38.8 Å². The average molecular weight is 264 g/mol. The van der Waals surface area contributed by atoms with Crippen molar-refractivity contribution in [3.63, 3.8) is 0 Å². The van der Waals surface area contributed by atoms with E-state index in [1.54, 1.807) is 0 Å². The van der Waals surface area contributed by atoms with Gasteiger partial charge in [0.25, 0.3) is 0 Å². The Morgan fingerprint density at radius 3 is 2.63 bits per heavy atom. The van der Waals surface area contributed by atoms with Crippen molar-refractivity contribution in [3.05, 3.63) is 35.6 Å². The number of likely N-dealkylation sites (tertiary alicyclic amines) is 1. The molecule has 0 bridgehead atoms. The molecule has 1 aliphatic rings. The second-order valence-electron chi connectivity index (χ2n) is 5.94. The van der Waals surface area contributed by atoms with E-state index in [0.29, 0.717) is 18.0 Å². The van der Waals surface area contributed by atoms with E-state index in [2.05, 4.69) is 31.1 Å². The number of benzene rings is 1. The van der Waals surface area contributed by atoms with Crippen LogP contribution in [0.4, 0.5) is 4.39 Å². The van der Waals surface area contributed by atoms with Crippen LogP contribution in [0.3, 0.4) is 0 Å². The Bertz CT molecular complexity index is 390. The summed E-state index contributed by atoms with van der Waals surface area (Å²) >= 11 is 0. The Labute approximate surface area is 116 Å². The Balaban J connectivity index is 1.77. The molecule has 1 aliphatic heterocycles. The molecule has 1 N–H and O–H groups in total. The van der Waals surface area contributed by atoms with Crippen molar-refractivity contribution in [3.8, 4) is 0 Å². The van der Waals surface area contributed by atoms with E-state index in [-0.39, 0.29) is 5.82 Å². The van der Waals surface area contributed by atoms with Gasteiger partial charge in [-0.1, -0.05) is 19.1 Å². The summed E-state index contributed by atoms with van der Waals surface area (Å²) in [5.41, 5.74) is 1.20. The Morgan fingerprint density at radius 2 is 1.95 bits per heavy atom. The Hall–Kier alpha value is -0.930. The smallest absolute Gasteiger partial charge is 0.123 e. The summed E-state index contributed by atoms with van der Waals surface area (Å²) in [6.07, 6.45) is 2.18. The second-order valence-corrected chi connectivity index (χ2v) is 5.94. The number of rotatable bonds is 4. The highest BCUT2D eigenvalue weighted by molar-refractivity contribution is 5.16. The molecule has 3 atom stereocenters. The quantitative estimate of drug-likeness (QED) is 0.899. The predicted octanol–water partition coefficient (Wildman–Crippen LogP) is 2.69. The van der Waals surface area contributed by atoms with Crippen molar-refractivity contribution in [1.29, 1.82) is 0 Å². The zero-order valence-corrected chi connectivity index (χ0v) is 12.2. The fourth-order valence-corrected chi connectivity index (χ4v) is 2.88.